The minimum absolute atomic E-state index is 0.0743. The molecule has 0 radical (unpaired) electrons. The lowest BCUT2D eigenvalue weighted by molar-refractivity contribution is 0.147. The van der Waals surface area contributed by atoms with Crippen LogP contribution >= 0.6 is 0 Å². The summed E-state index contributed by atoms with van der Waals surface area (Å²) in [5.74, 6) is 0. The maximum absolute atomic E-state index is 10.2. The molecule has 0 aromatic rings. The fraction of sp³-hybridized carbons (Fsp3) is 0.889. The van der Waals surface area contributed by atoms with Gasteiger partial charge in [0.05, 0.1) is 12.4 Å². The van der Waals surface area contributed by atoms with Crippen LogP contribution in [0.3, 0.4) is 0 Å². The standard InChI is InChI=1S/C36H70O3/c37-34-30-26-22-18-14-12-10-8-6-4-2-1-3-5-7-9-11-13-16-20-24-28-32-36(39)33-29-25-21-17-15-19-23-27-31-35-38/h6,8,31,35-39H,1-5,7,9-30,32-34H2/b8-6-,35-31?. The van der Waals surface area contributed by atoms with Gasteiger partial charge in [-0.1, -0.05) is 153 Å². The molecular formula is C36H70O3. The molecule has 0 heterocycles. The van der Waals surface area contributed by atoms with Crippen LogP contribution in [0.2, 0.25) is 0 Å². The molecule has 0 spiro atoms. The number of hydrogen-bond acceptors (Lipinski definition) is 3. The second-order valence-corrected chi connectivity index (χ2v) is 12.0. The fourth-order valence-electron chi connectivity index (χ4n) is 5.47. The van der Waals surface area contributed by atoms with Crippen molar-refractivity contribution >= 4 is 0 Å². The van der Waals surface area contributed by atoms with E-state index in [-0.39, 0.29) is 6.10 Å². The Morgan fingerprint density at radius 1 is 0.359 bits per heavy atom. The van der Waals surface area contributed by atoms with Gasteiger partial charge in [-0.25, -0.2) is 0 Å². The molecule has 0 aromatic heterocycles. The Balaban J connectivity index is 3.17. The summed E-state index contributed by atoms with van der Waals surface area (Å²) in [5.41, 5.74) is 0. The van der Waals surface area contributed by atoms with E-state index in [4.69, 9.17) is 10.2 Å². The molecule has 0 aromatic carbocycles. The zero-order valence-electron chi connectivity index (χ0n) is 26.1. The van der Waals surface area contributed by atoms with Gasteiger partial charge in [0.2, 0.25) is 0 Å². The molecule has 0 saturated carbocycles. The normalized spacial score (nSPS) is 12.8. The van der Waals surface area contributed by atoms with Gasteiger partial charge < -0.3 is 15.3 Å². The van der Waals surface area contributed by atoms with E-state index in [1.807, 2.05) is 6.08 Å². The van der Waals surface area contributed by atoms with E-state index in [9.17, 15) is 5.11 Å². The van der Waals surface area contributed by atoms with Crippen LogP contribution in [0, 0.1) is 0 Å². The van der Waals surface area contributed by atoms with Gasteiger partial charge in [-0.05, 0) is 57.8 Å². The van der Waals surface area contributed by atoms with Gasteiger partial charge in [-0.3, -0.25) is 0 Å². The van der Waals surface area contributed by atoms with Crippen molar-refractivity contribution in [3.63, 3.8) is 0 Å². The SMILES string of the molecule is OC=CCCCCCCCCCC(O)CCCCCCCCCCCCCC/C=C\CCCCCCCCO. The third-order valence-corrected chi connectivity index (χ3v) is 8.12. The summed E-state index contributed by atoms with van der Waals surface area (Å²) in [7, 11) is 0. The molecule has 0 saturated heterocycles. The first-order valence-electron chi connectivity index (χ1n) is 17.5. The molecule has 232 valence electrons. The molecule has 39 heavy (non-hydrogen) atoms. The van der Waals surface area contributed by atoms with Crippen LogP contribution in [-0.2, 0) is 0 Å². The van der Waals surface area contributed by atoms with Crippen molar-refractivity contribution in [2.45, 2.75) is 199 Å². The number of aliphatic hydroxyl groups excluding tert-OH is 3. The Kier molecular flexibility index (Phi) is 34.5. The Labute approximate surface area is 245 Å². The molecule has 0 aliphatic heterocycles. The molecule has 3 N–H and O–H groups in total. The molecular weight excluding hydrogens is 480 g/mol. The Morgan fingerprint density at radius 2 is 0.641 bits per heavy atom. The Morgan fingerprint density at radius 3 is 0.974 bits per heavy atom. The Hall–Kier alpha value is -0.800. The van der Waals surface area contributed by atoms with Crippen LogP contribution in [0.25, 0.3) is 0 Å². The molecule has 0 fully saturated rings. The van der Waals surface area contributed by atoms with E-state index in [1.54, 1.807) is 0 Å². The minimum atomic E-state index is -0.0743. The van der Waals surface area contributed by atoms with Crippen molar-refractivity contribution < 1.29 is 15.3 Å². The van der Waals surface area contributed by atoms with E-state index in [2.05, 4.69) is 12.2 Å². The van der Waals surface area contributed by atoms with Gasteiger partial charge in [-0.15, -0.1) is 0 Å². The largest absolute Gasteiger partial charge is 0.516 e. The third kappa shape index (κ3) is 35.2. The lowest BCUT2D eigenvalue weighted by Crippen LogP contribution is -2.05. The Bertz CT molecular complexity index is 488. The molecule has 0 bridgehead atoms. The van der Waals surface area contributed by atoms with E-state index in [0.717, 1.165) is 31.9 Å². The monoisotopic (exact) mass is 551 g/mol. The molecule has 1 atom stereocenters. The lowest BCUT2D eigenvalue weighted by Gasteiger charge is -2.10. The fourth-order valence-corrected chi connectivity index (χ4v) is 5.47. The first-order chi connectivity index (χ1) is 19.3. The van der Waals surface area contributed by atoms with E-state index in [1.165, 1.54) is 167 Å². The van der Waals surface area contributed by atoms with Gasteiger partial charge in [0.1, 0.15) is 0 Å². The van der Waals surface area contributed by atoms with Crippen molar-refractivity contribution in [3.8, 4) is 0 Å². The van der Waals surface area contributed by atoms with Crippen LogP contribution in [0.15, 0.2) is 24.5 Å². The van der Waals surface area contributed by atoms with Crippen LogP contribution in [0.5, 0.6) is 0 Å². The average Bonchev–Trinajstić information content (AvgIpc) is 2.94. The first kappa shape index (κ1) is 38.2. The van der Waals surface area contributed by atoms with Gasteiger partial charge in [0.15, 0.2) is 0 Å². The third-order valence-electron chi connectivity index (χ3n) is 8.12. The van der Waals surface area contributed by atoms with Crippen LogP contribution in [-0.4, -0.2) is 28.0 Å². The predicted octanol–water partition coefficient (Wildman–Crippen LogP) is 11.7. The predicted molar refractivity (Wildman–Crippen MR) is 173 cm³/mol. The summed E-state index contributed by atoms with van der Waals surface area (Å²) in [6.45, 7) is 0.353. The van der Waals surface area contributed by atoms with Crippen molar-refractivity contribution in [3.05, 3.63) is 24.5 Å². The van der Waals surface area contributed by atoms with Crippen molar-refractivity contribution in [2.75, 3.05) is 6.61 Å². The van der Waals surface area contributed by atoms with Gasteiger partial charge >= 0.3 is 0 Å². The second kappa shape index (κ2) is 35.2. The number of allylic oxidation sites excluding steroid dienone is 3. The van der Waals surface area contributed by atoms with Crippen molar-refractivity contribution in [1.82, 2.24) is 0 Å². The van der Waals surface area contributed by atoms with E-state index in [0.29, 0.717) is 6.61 Å². The van der Waals surface area contributed by atoms with Gasteiger partial charge in [-0.2, -0.15) is 0 Å². The summed E-state index contributed by atoms with van der Waals surface area (Å²) < 4.78 is 0. The molecule has 3 nitrogen and oxygen atoms in total. The molecule has 0 amide bonds. The van der Waals surface area contributed by atoms with Crippen LogP contribution in [0.1, 0.15) is 193 Å². The number of unbranched alkanes of at least 4 members (excludes halogenated alkanes) is 25. The zero-order valence-corrected chi connectivity index (χ0v) is 26.1. The topological polar surface area (TPSA) is 60.7 Å². The minimum Gasteiger partial charge on any atom is -0.516 e. The lowest BCUT2D eigenvalue weighted by atomic mass is 10.0. The highest BCUT2D eigenvalue weighted by molar-refractivity contribution is 4.81. The number of hydrogen-bond donors (Lipinski definition) is 3. The molecule has 0 rings (SSSR count). The summed E-state index contributed by atoms with van der Waals surface area (Å²) in [6.07, 6.45) is 45.9. The highest BCUT2D eigenvalue weighted by atomic mass is 16.3. The molecule has 0 aliphatic carbocycles. The maximum Gasteiger partial charge on any atom is 0.0751 e. The highest BCUT2D eigenvalue weighted by Gasteiger charge is 2.04. The number of rotatable bonds is 33. The molecule has 1 unspecified atom stereocenters. The highest BCUT2D eigenvalue weighted by Crippen LogP contribution is 2.16. The smallest absolute Gasteiger partial charge is 0.0751 e. The summed E-state index contributed by atoms with van der Waals surface area (Å²) in [5, 5.41) is 27.6. The molecule has 3 heteroatoms. The van der Waals surface area contributed by atoms with E-state index < -0.39 is 0 Å². The van der Waals surface area contributed by atoms with Gasteiger partial charge in [0.25, 0.3) is 0 Å². The zero-order chi connectivity index (χ0) is 28.3. The summed E-state index contributed by atoms with van der Waals surface area (Å²) in [4.78, 5) is 0. The van der Waals surface area contributed by atoms with Crippen molar-refractivity contribution in [1.29, 1.82) is 0 Å². The first-order valence-corrected chi connectivity index (χ1v) is 17.5. The van der Waals surface area contributed by atoms with Gasteiger partial charge in [0, 0.05) is 6.61 Å². The summed E-state index contributed by atoms with van der Waals surface area (Å²) >= 11 is 0. The van der Waals surface area contributed by atoms with Crippen LogP contribution in [0.4, 0.5) is 0 Å². The number of aliphatic hydroxyl groups is 3. The summed E-state index contributed by atoms with van der Waals surface area (Å²) in [6, 6.07) is 0. The van der Waals surface area contributed by atoms with Crippen LogP contribution < -0.4 is 0 Å². The second-order valence-electron chi connectivity index (χ2n) is 12.0. The quantitative estimate of drug-likeness (QED) is 0.0432. The maximum atomic E-state index is 10.2. The molecule has 0 aliphatic rings. The average molecular weight is 551 g/mol. The van der Waals surface area contributed by atoms with Crippen molar-refractivity contribution in [2.24, 2.45) is 0 Å². The van der Waals surface area contributed by atoms with E-state index >= 15 is 0 Å².